The number of thiophene rings is 1. The van der Waals surface area contributed by atoms with Gasteiger partial charge in [-0.2, -0.15) is 0 Å². The Balaban J connectivity index is 1.81. The Bertz CT molecular complexity index is 723. The summed E-state index contributed by atoms with van der Waals surface area (Å²) < 4.78 is 1.18. The molecule has 1 fully saturated rings. The highest BCUT2D eigenvalue weighted by molar-refractivity contribution is 7.18. The summed E-state index contributed by atoms with van der Waals surface area (Å²) >= 11 is 1.72. The lowest BCUT2D eigenvalue weighted by Crippen LogP contribution is -2.53. The van der Waals surface area contributed by atoms with Gasteiger partial charge < -0.3 is 10.0 Å². The molecule has 3 rings (SSSR count). The lowest BCUT2D eigenvalue weighted by atomic mass is 10.1. The molecule has 3 heterocycles. The van der Waals surface area contributed by atoms with Gasteiger partial charge in [0.05, 0.1) is 10.2 Å². The number of aryl methyl sites for hydroxylation is 1. The number of anilines is 1. The molecule has 1 saturated heterocycles. The zero-order valence-electron chi connectivity index (χ0n) is 14.7. The number of fused-ring (bicyclic) bond motifs is 1. The van der Waals surface area contributed by atoms with E-state index in [1.807, 2.05) is 0 Å². The fourth-order valence-electron chi connectivity index (χ4n) is 3.23. The van der Waals surface area contributed by atoms with E-state index in [1.165, 1.54) is 15.8 Å². The van der Waals surface area contributed by atoms with Crippen LogP contribution in [0.1, 0.15) is 25.8 Å². The Morgan fingerprint density at radius 3 is 2.96 bits per heavy atom. The van der Waals surface area contributed by atoms with Crippen molar-refractivity contribution in [3.8, 4) is 0 Å². The quantitative estimate of drug-likeness (QED) is 0.844. The van der Waals surface area contributed by atoms with Crippen LogP contribution in [0.5, 0.6) is 0 Å². The molecule has 0 unspecified atom stereocenters. The number of aliphatic hydroxyl groups is 1. The summed E-state index contributed by atoms with van der Waals surface area (Å²) in [5.41, 5.74) is 3.62. The minimum absolute atomic E-state index is 0.223. The van der Waals surface area contributed by atoms with Crippen molar-refractivity contribution in [1.29, 1.82) is 0 Å². The van der Waals surface area contributed by atoms with Crippen LogP contribution in [0.25, 0.3) is 10.2 Å². The summed E-state index contributed by atoms with van der Waals surface area (Å²) in [6.45, 7) is 10.4. The fourth-order valence-corrected chi connectivity index (χ4v) is 4.25. The highest BCUT2D eigenvalue weighted by atomic mass is 32.1. The van der Waals surface area contributed by atoms with Gasteiger partial charge in [-0.1, -0.05) is 11.6 Å². The van der Waals surface area contributed by atoms with Crippen LogP contribution in [-0.2, 0) is 0 Å². The van der Waals surface area contributed by atoms with Crippen molar-refractivity contribution in [2.75, 3.05) is 37.7 Å². The van der Waals surface area contributed by atoms with Crippen molar-refractivity contribution in [2.24, 2.45) is 0 Å². The fraction of sp³-hybridized carbons (Fsp3) is 0.556. The van der Waals surface area contributed by atoms with Crippen molar-refractivity contribution in [2.45, 2.75) is 33.2 Å². The van der Waals surface area contributed by atoms with Gasteiger partial charge in [-0.25, -0.2) is 9.97 Å². The van der Waals surface area contributed by atoms with Gasteiger partial charge in [-0.15, -0.1) is 11.3 Å². The molecule has 2 aromatic heterocycles. The van der Waals surface area contributed by atoms with Crippen LogP contribution in [0.15, 0.2) is 23.4 Å². The summed E-state index contributed by atoms with van der Waals surface area (Å²) in [6.07, 6.45) is 4.74. The van der Waals surface area contributed by atoms with Gasteiger partial charge in [0.25, 0.3) is 0 Å². The van der Waals surface area contributed by atoms with Crippen LogP contribution in [0.4, 0.5) is 5.82 Å². The number of rotatable bonds is 5. The Morgan fingerprint density at radius 2 is 2.21 bits per heavy atom. The first-order chi connectivity index (χ1) is 11.6. The monoisotopic (exact) mass is 346 g/mol. The zero-order chi connectivity index (χ0) is 17.1. The maximum absolute atomic E-state index is 9.46. The average Bonchev–Trinajstić information content (AvgIpc) is 2.95. The maximum atomic E-state index is 9.46. The molecule has 0 saturated carbocycles. The summed E-state index contributed by atoms with van der Waals surface area (Å²) in [6, 6.07) is 0.352. The lowest BCUT2D eigenvalue weighted by molar-refractivity contribution is 0.155. The number of aliphatic hydroxyl groups excluding tert-OH is 1. The molecule has 5 nitrogen and oxygen atoms in total. The summed E-state index contributed by atoms with van der Waals surface area (Å²) in [7, 11) is 0. The molecule has 0 radical (unpaired) electrons. The van der Waals surface area contributed by atoms with Gasteiger partial charge in [-0.05, 0) is 38.1 Å². The highest BCUT2D eigenvalue weighted by Gasteiger charge is 2.28. The number of hydrogen-bond donors (Lipinski definition) is 1. The number of piperazine rings is 1. The Morgan fingerprint density at radius 1 is 1.38 bits per heavy atom. The third-order valence-corrected chi connectivity index (χ3v) is 5.70. The van der Waals surface area contributed by atoms with Crippen LogP contribution in [-0.4, -0.2) is 58.8 Å². The van der Waals surface area contributed by atoms with Crippen molar-refractivity contribution >= 4 is 27.4 Å². The highest BCUT2D eigenvalue weighted by Crippen LogP contribution is 2.32. The molecule has 0 bridgehead atoms. The molecule has 2 aromatic rings. The molecule has 1 aliphatic rings. The predicted molar refractivity (Wildman–Crippen MR) is 101 cm³/mol. The van der Waals surface area contributed by atoms with E-state index in [0.717, 1.165) is 43.9 Å². The van der Waals surface area contributed by atoms with E-state index in [9.17, 15) is 5.11 Å². The normalized spacial score (nSPS) is 19.0. The van der Waals surface area contributed by atoms with Crippen molar-refractivity contribution in [1.82, 2.24) is 14.9 Å². The van der Waals surface area contributed by atoms with Gasteiger partial charge in [0, 0.05) is 38.8 Å². The molecule has 1 N–H and O–H groups in total. The molecule has 0 amide bonds. The molecule has 1 atom stereocenters. The summed E-state index contributed by atoms with van der Waals surface area (Å²) in [5.74, 6) is 1.04. The molecule has 24 heavy (non-hydrogen) atoms. The molecular formula is C18H26N4OS. The van der Waals surface area contributed by atoms with Gasteiger partial charge >= 0.3 is 0 Å². The minimum atomic E-state index is 0.223. The van der Waals surface area contributed by atoms with E-state index in [4.69, 9.17) is 0 Å². The largest absolute Gasteiger partial charge is 0.396 e. The first kappa shape index (κ1) is 17.3. The van der Waals surface area contributed by atoms with E-state index in [2.05, 4.69) is 52.0 Å². The Kier molecular flexibility index (Phi) is 5.48. The zero-order valence-corrected chi connectivity index (χ0v) is 15.5. The Labute approximate surface area is 147 Å². The van der Waals surface area contributed by atoms with Crippen LogP contribution < -0.4 is 4.90 Å². The molecule has 130 valence electrons. The van der Waals surface area contributed by atoms with Crippen molar-refractivity contribution < 1.29 is 5.11 Å². The van der Waals surface area contributed by atoms with E-state index in [0.29, 0.717) is 6.04 Å². The molecule has 0 aliphatic carbocycles. The van der Waals surface area contributed by atoms with Gasteiger partial charge in [-0.3, -0.25) is 4.90 Å². The Hall–Kier alpha value is -1.50. The van der Waals surface area contributed by atoms with Gasteiger partial charge in [0.15, 0.2) is 0 Å². The van der Waals surface area contributed by atoms with Crippen LogP contribution in [0, 0.1) is 6.92 Å². The predicted octanol–water partition coefficient (Wildman–Crippen LogP) is 2.84. The smallest absolute Gasteiger partial charge is 0.150 e. The second kappa shape index (κ2) is 7.59. The first-order valence-electron chi connectivity index (χ1n) is 8.52. The number of nitrogens with zero attached hydrogens (tertiary/aromatic N) is 4. The standard InChI is InChI=1S/C18H26N4OS/c1-13(2)4-6-21-7-8-22(10-15(21)5-9-23)18-17-16(19-12-20-18)14(3)11-24-17/h4,11-12,15,23H,5-10H2,1-3H3/t15-/m0/s1. The van der Waals surface area contributed by atoms with Crippen LogP contribution >= 0.6 is 11.3 Å². The summed E-state index contributed by atoms with van der Waals surface area (Å²) in [4.78, 5) is 13.8. The third-order valence-electron chi connectivity index (χ3n) is 4.61. The second-order valence-electron chi connectivity index (χ2n) is 6.68. The third kappa shape index (κ3) is 3.61. The summed E-state index contributed by atoms with van der Waals surface area (Å²) in [5, 5.41) is 11.6. The van der Waals surface area contributed by atoms with Gasteiger partial charge in [0.2, 0.25) is 0 Å². The first-order valence-corrected chi connectivity index (χ1v) is 9.40. The molecule has 0 aromatic carbocycles. The molecule has 6 heteroatoms. The van der Waals surface area contributed by atoms with Crippen LogP contribution in [0.3, 0.4) is 0 Å². The second-order valence-corrected chi connectivity index (χ2v) is 7.56. The number of hydrogen-bond acceptors (Lipinski definition) is 6. The average molecular weight is 347 g/mol. The molecule has 0 spiro atoms. The van der Waals surface area contributed by atoms with Crippen LogP contribution in [0.2, 0.25) is 0 Å². The van der Waals surface area contributed by atoms with E-state index in [1.54, 1.807) is 17.7 Å². The van der Waals surface area contributed by atoms with E-state index in [-0.39, 0.29) is 6.61 Å². The topological polar surface area (TPSA) is 52.5 Å². The maximum Gasteiger partial charge on any atom is 0.150 e. The van der Waals surface area contributed by atoms with E-state index < -0.39 is 0 Å². The minimum Gasteiger partial charge on any atom is -0.396 e. The molecular weight excluding hydrogens is 320 g/mol. The lowest BCUT2D eigenvalue weighted by Gasteiger charge is -2.41. The van der Waals surface area contributed by atoms with E-state index >= 15 is 0 Å². The SMILES string of the molecule is CC(C)=CCN1CCN(c2ncnc3c(C)csc23)C[C@@H]1CCO. The number of aromatic nitrogens is 2. The molecule has 1 aliphatic heterocycles. The van der Waals surface area contributed by atoms with Crippen molar-refractivity contribution in [3.63, 3.8) is 0 Å². The van der Waals surface area contributed by atoms with Gasteiger partial charge in [0.1, 0.15) is 12.1 Å². The van der Waals surface area contributed by atoms with Crippen molar-refractivity contribution in [3.05, 3.63) is 28.9 Å². The number of allylic oxidation sites excluding steroid dienone is 1.